The van der Waals surface area contributed by atoms with Gasteiger partial charge in [0.1, 0.15) is 17.5 Å². The molecule has 0 aliphatic carbocycles. The summed E-state index contributed by atoms with van der Waals surface area (Å²) in [5.74, 6) is 0. The Hall–Kier alpha value is -2.37. The molecule has 6 nitrogen and oxygen atoms in total. The summed E-state index contributed by atoms with van der Waals surface area (Å²) in [5, 5.41) is 0. The van der Waals surface area contributed by atoms with Gasteiger partial charge in [-0.2, -0.15) is 4.90 Å². The van der Waals surface area contributed by atoms with Crippen LogP contribution in [0, 0.1) is 0 Å². The van der Waals surface area contributed by atoms with E-state index in [9.17, 15) is 14.4 Å². The normalized spacial score (nSPS) is 11.6. The molecule has 0 aliphatic rings. The number of ether oxygens (including phenoxy) is 2. The molecular formula is C17H23NO5. The summed E-state index contributed by atoms with van der Waals surface area (Å²) in [6.45, 7) is 10.2. The highest BCUT2D eigenvalue weighted by molar-refractivity contribution is 6.09. The van der Waals surface area contributed by atoms with Crippen LogP contribution in [0.2, 0.25) is 0 Å². The maximum Gasteiger partial charge on any atom is 0.424 e. The van der Waals surface area contributed by atoms with Gasteiger partial charge in [-0.05, 0) is 53.7 Å². The summed E-state index contributed by atoms with van der Waals surface area (Å²) >= 11 is 0. The molecule has 0 atom stereocenters. The second kappa shape index (κ2) is 6.81. The second-order valence-electron chi connectivity index (χ2n) is 7.01. The number of aldehydes is 1. The van der Waals surface area contributed by atoms with Crippen molar-refractivity contribution < 1.29 is 23.9 Å². The first-order valence-electron chi connectivity index (χ1n) is 7.24. The van der Waals surface area contributed by atoms with Gasteiger partial charge in [0.15, 0.2) is 0 Å². The Labute approximate surface area is 136 Å². The van der Waals surface area contributed by atoms with E-state index in [-0.39, 0.29) is 5.69 Å². The molecule has 0 N–H and O–H groups in total. The summed E-state index contributed by atoms with van der Waals surface area (Å²) in [7, 11) is 0. The molecule has 0 fully saturated rings. The first kappa shape index (κ1) is 18.7. The average Bonchev–Trinajstić information content (AvgIpc) is 2.34. The van der Waals surface area contributed by atoms with Gasteiger partial charge >= 0.3 is 12.2 Å². The Morgan fingerprint density at radius 2 is 1.43 bits per heavy atom. The maximum absolute atomic E-state index is 12.4. The molecule has 0 spiro atoms. The molecule has 0 aromatic heterocycles. The molecular weight excluding hydrogens is 298 g/mol. The Morgan fingerprint density at radius 1 is 0.957 bits per heavy atom. The van der Waals surface area contributed by atoms with Crippen LogP contribution in [0.5, 0.6) is 0 Å². The third-order valence-corrected chi connectivity index (χ3v) is 2.42. The zero-order chi connectivity index (χ0) is 17.8. The average molecular weight is 321 g/mol. The van der Waals surface area contributed by atoms with Gasteiger partial charge in [-0.25, -0.2) is 9.59 Å². The minimum atomic E-state index is -0.866. The molecule has 0 bridgehead atoms. The number of amides is 2. The van der Waals surface area contributed by atoms with Crippen LogP contribution in [-0.4, -0.2) is 29.7 Å². The standard InChI is InChI=1S/C17H23NO5/c1-16(2,3)22-14(20)18(15(21)23-17(4,5)6)13-9-7-8-12(10-13)11-19/h7-11H,1-6H3. The van der Waals surface area contributed by atoms with E-state index < -0.39 is 23.4 Å². The minimum absolute atomic E-state index is 0.207. The maximum atomic E-state index is 12.4. The molecule has 1 aromatic rings. The Morgan fingerprint density at radius 3 is 1.83 bits per heavy atom. The number of benzene rings is 1. The number of anilines is 1. The number of imide groups is 1. The Kier molecular flexibility index (Phi) is 5.53. The van der Waals surface area contributed by atoms with Crippen LogP contribution >= 0.6 is 0 Å². The molecule has 126 valence electrons. The van der Waals surface area contributed by atoms with Crippen molar-refractivity contribution in [3.8, 4) is 0 Å². The SMILES string of the molecule is CC(C)(C)OC(=O)N(C(=O)OC(C)(C)C)c1cccc(C=O)c1. The van der Waals surface area contributed by atoms with Crippen LogP contribution in [0.15, 0.2) is 24.3 Å². The van der Waals surface area contributed by atoms with E-state index in [4.69, 9.17) is 9.47 Å². The van der Waals surface area contributed by atoms with E-state index in [0.717, 1.165) is 4.90 Å². The topological polar surface area (TPSA) is 72.9 Å². The van der Waals surface area contributed by atoms with Crippen molar-refractivity contribution in [3.05, 3.63) is 29.8 Å². The molecule has 2 amide bonds. The van der Waals surface area contributed by atoms with Crippen LogP contribution in [0.3, 0.4) is 0 Å². The first-order chi connectivity index (χ1) is 10.4. The van der Waals surface area contributed by atoms with E-state index in [0.29, 0.717) is 11.8 Å². The summed E-state index contributed by atoms with van der Waals surface area (Å²) in [4.78, 5) is 36.5. The molecule has 0 saturated carbocycles. The van der Waals surface area contributed by atoms with Gasteiger partial charge in [0, 0.05) is 5.56 Å². The molecule has 0 heterocycles. The first-order valence-corrected chi connectivity index (χ1v) is 7.24. The number of rotatable bonds is 2. The molecule has 0 saturated heterocycles. The van der Waals surface area contributed by atoms with E-state index >= 15 is 0 Å². The van der Waals surface area contributed by atoms with Gasteiger partial charge in [-0.15, -0.1) is 0 Å². The molecule has 0 radical (unpaired) electrons. The Bertz CT molecular complexity index is 568. The molecule has 23 heavy (non-hydrogen) atoms. The second-order valence-corrected chi connectivity index (χ2v) is 7.01. The summed E-state index contributed by atoms with van der Waals surface area (Å²) in [5.41, 5.74) is -1.02. The van der Waals surface area contributed by atoms with E-state index in [1.807, 2.05) is 0 Å². The van der Waals surface area contributed by atoms with Crippen molar-refractivity contribution in [3.63, 3.8) is 0 Å². The zero-order valence-corrected chi connectivity index (χ0v) is 14.4. The summed E-state index contributed by atoms with van der Waals surface area (Å²) < 4.78 is 10.5. The number of hydrogen-bond acceptors (Lipinski definition) is 5. The van der Waals surface area contributed by atoms with E-state index in [2.05, 4.69) is 0 Å². The fourth-order valence-corrected chi connectivity index (χ4v) is 1.64. The lowest BCUT2D eigenvalue weighted by Crippen LogP contribution is -2.43. The summed E-state index contributed by atoms with van der Waals surface area (Å²) in [6, 6.07) is 6.08. The van der Waals surface area contributed by atoms with Crippen molar-refractivity contribution in [2.45, 2.75) is 52.7 Å². The highest BCUT2D eigenvalue weighted by atomic mass is 16.6. The predicted octanol–water partition coefficient (Wildman–Crippen LogP) is 4.18. The monoisotopic (exact) mass is 321 g/mol. The van der Waals surface area contributed by atoms with Crippen molar-refractivity contribution >= 4 is 24.2 Å². The predicted molar refractivity (Wildman–Crippen MR) is 86.8 cm³/mol. The van der Waals surface area contributed by atoms with Crippen LogP contribution < -0.4 is 4.90 Å². The number of carbonyl (C=O) groups excluding carboxylic acids is 3. The molecule has 1 aromatic carbocycles. The zero-order valence-electron chi connectivity index (χ0n) is 14.4. The smallest absolute Gasteiger partial charge is 0.424 e. The lowest BCUT2D eigenvalue weighted by atomic mass is 10.2. The third-order valence-electron chi connectivity index (χ3n) is 2.42. The fourth-order valence-electron chi connectivity index (χ4n) is 1.64. The van der Waals surface area contributed by atoms with Crippen molar-refractivity contribution in [2.24, 2.45) is 0 Å². The van der Waals surface area contributed by atoms with Gasteiger partial charge < -0.3 is 9.47 Å². The van der Waals surface area contributed by atoms with Crippen molar-refractivity contribution in [1.29, 1.82) is 0 Å². The number of nitrogens with zero attached hydrogens (tertiary/aromatic N) is 1. The van der Waals surface area contributed by atoms with Crippen LogP contribution in [0.1, 0.15) is 51.9 Å². The van der Waals surface area contributed by atoms with E-state index in [1.165, 1.54) is 12.1 Å². The number of hydrogen-bond donors (Lipinski definition) is 0. The highest BCUT2D eigenvalue weighted by Gasteiger charge is 2.32. The van der Waals surface area contributed by atoms with Gasteiger partial charge in [-0.1, -0.05) is 12.1 Å². The molecule has 1 rings (SSSR count). The lowest BCUT2D eigenvalue weighted by Gasteiger charge is -2.28. The summed E-state index contributed by atoms with van der Waals surface area (Å²) in [6.07, 6.45) is -1.10. The van der Waals surface area contributed by atoms with Gasteiger partial charge in [0.25, 0.3) is 0 Å². The van der Waals surface area contributed by atoms with Crippen LogP contribution in [0.25, 0.3) is 0 Å². The van der Waals surface area contributed by atoms with Crippen molar-refractivity contribution in [1.82, 2.24) is 0 Å². The molecule has 0 aliphatic heterocycles. The Balaban J connectivity index is 3.22. The largest absolute Gasteiger partial charge is 0.443 e. The fraction of sp³-hybridized carbons (Fsp3) is 0.471. The van der Waals surface area contributed by atoms with Crippen LogP contribution in [-0.2, 0) is 9.47 Å². The van der Waals surface area contributed by atoms with Gasteiger partial charge in [0.2, 0.25) is 0 Å². The molecule has 0 unspecified atom stereocenters. The molecule has 6 heteroatoms. The highest BCUT2D eigenvalue weighted by Crippen LogP contribution is 2.22. The lowest BCUT2D eigenvalue weighted by molar-refractivity contribution is 0.0430. The quantitative estimate of drug-likeness (QED) is 0.764. The number of carbonyl (C=O) groups is 3. The van der Waals surface area contributed by atoms with Crippen molar-refractivity contribution in [2.75, 3.05) is 4.90 Å². The minimum Gasteiger partial charge on any atom is -0.443 e. The van der Waals surface area contributed by atoms with Gasteiger partial charge in [0.05, 0.1) is 5.69 Å². The van der Waals surface area contributed by atoms with Gasteiger partial charge in [-0.3, -0.25) is 4.79 Å². The third kappa shape index (κ3) is 6.10. The van der Waals surface area contributed by atoms with E-state index in [1.54, 1.807) is 53.7 Å². The van der Waals surface area contributed by atoms with Crippen LogP contribution in [0.4, 0.5) is 15.3 Å².